The van der Waals surface area contributed by atoms with E-state index in [0.717, 1.165) is 6.07 Å². The zero-order chi connectivity index (χ0) is 13.8. The lowest BCUT2D eigenvalue weighted by Crippen LogP contribution is -2.18. The summed E-state index contributed by atoms with van der Waals surface area (Å²) in [6, 6.07) is 5.11. The van der Waals surface area contributed by atoms with Gasteiger partial charge in [0.25, 0.3) is 0 Å². The van der Waals surface area contributed by atoms with E-state index in [9.17, 15) is 13.2 Å². The summed E-state index contributed by atoms with van der Waals surface area (Å²) >= 11 is 5.37. The van der Waals surface area contributed by atoms with E-state index in [0.29, 0.717) is 0 Å². The number of nitrogens with two attached hydrogens (primary N) is 1. The summed E-state index contributed by atoms with van der Waals surface area (Å²) in [4.78, 5) is 3.67. The summed E-state index contributed by atoms with van der Waals surface area (Å²) in [5, 5.41) is 8.61. The third-order valence-corrected chi connectivity index (χ3v) is 1.99. The van der Waals surface area contributed by atoms with Gasteiger partial charge in [0.1, 0.15) is 11.5 Å². The third kappa shape index (κ3) is 4.14. The molecule has 0 aliphatic carbocycles. The number of hydrogen-bond acceptors (Lipinski definition) is 3. The van der Waals surface area contributed by atoms with Gasteiger partial charge < -0.3 is 10.5 Å². The van der Waals surface area contributed by atoms with Crippen LogP contribution in [0.5, 0.6) is 5.75 Å². The van der Waals surface area contributed by atoms with Crippen molar-refractivity contribution in [3.63, 3.8) is 0 Å². The van der Waals surface area contributed by atoms with Gasteiger partial charge in [-0.05, 0) is 12.1 Å². The number of halogens is 4. The number of amidine groups is 1. The molecule has 0 heterocycles. The molecule has 0 atom stereocenters. The average molecular weight is 278 g/mol. The van der Waals surface area contributed by atoms with Gasteiger partial charge >= 0.3 is 6.36 Å². The predicted molar refractivity (Wildman–Crippen MR) is 59.8 cm³/mol. The number of hydrogen-bond donors (Lipinski definition) is 1. The summed E-state index contributed by atoms with van der Waals surface area (Å²) < 4.78 is 40.3. The lowest BCUT2D eigenvalue weighted by Gasteiger charge is -2.11. The maximum atomic E-state index is 12.2. The molecule has 96 valence electrons. The summed E-state index contributed by atoms with van der Waals surface area (Å²) in [6.45, 7) is 0. The Balaban J connectivity index is 3.21. The van der Waals surface area contributed by atoms with Crippen LogP contribution >= 0.6 is 11.6 Å². The second-order valence-electron chi connectivity index (χ2n) is 3.08. The van der Waals surface area contributed by atoms with Crippen molar-refractivity contribution < 1.29 is 17.9 Å². The van der Waals surface area contributed by atoms with Crippen molar-refractivity contribution >= 4 is 23.1 Å². The van der Waals surface area contributed by atoms with E-state index in [4.69, 9.17) is 22.6 Å². The van der Waals surface area contributed by atoms with Crippen LogP contribution in [0.3, 0.4) is 0 Å². The van der Waals surface area contributed by atoms with Crippen LogP contribution in [0.4, 0.5) is 18.9 Å². The number of ether oxygens (including phenoxy) is 1. The highest BCUT2D eigenvalue weighted by Crippen LogP contribution is 2.33. The second kappa shape index (κ2) is 5.60. The monoisotopic (exact) mass is 277 g/mol. The van der Waals surface area contributed by atoms with Gasteiger partial charge in [-0.15, -0.1) is 24.8 Å². The first-order valence-corrected chi connectivity index (χ1v) is 5.08. The van der Waals surface area contributed by atoms with Crippen LogP contribution in [0.1, 0.15) is 5.56 Å². The van der Waals surface area contributed by atoms with Crippen molar-refractivity contribution in [2.45, 2.75) is 6.36 Å². The molecule has 1 aromatic carbocycles. The van der Waals surface area contributed by atoms with Gasteiger partial charge in [0.2, 0.25) is 0 Å². The molecular weight excluding hydrogens is 271 g/mol. The number of alkyl halides is 4. The van der Waals surface area contributed by atoms with Crippen molar-refractivity contribution in [2.24, 2.45) is 10.7 Å². The molecule has 2 N–H and O–H groups in total. The number of rotatable bonds is 3. The molecule has 1 rings (SSSR count). The van der Waals surface area contributed by atoms with Gasteiger partial charge in [0.05, 0.1) is 17.5 Å². The Morgan fingerprint density at radius 3 is 2.67 bits per heavy atom. The number of aliphatic imine (C=N–C) groups is 1. The van der Waals surface area contributed by atoms with Crippen LogP contribution in [-0.4, -0.2) is 18.1 Å². The van der Waals surface area contributed by atoms with E-state index in [-0.39, 0.29) is 23.0 Å². The third-order valence-electron chi connectivity index (χ3n) is 1.72. The molecule has 1 aromatic rings. The van der Waals surface area contributed by atoms with Gasteiger partial charge in [-0.25, -0.2) is 4.99 Å². The minimum atomic E-state index is -4.88. The minimum absolute atomic E-state index is 0.0117. The standard InChI is InChI=1S/C10H7ClF3N3O/c11-4-9(16)17-7-2-1-6(5-15)3-8(7)18-10(12,13)14/h1-3H,4H2,(H2,16,17). The normalized spacial score (nSPS) is 12.1. The first kappa shape index (κ1) is 14.1. The summed E-state index contributed by atoms with van der Waals surface area (Å²) in [5.74, 6) is -0.797. The van der Waals surface area contributed by atoms with Crippen LogP contribution in [-0.2, 0) is 0 Å². The zero-order valence-electron chi connectivity index (χ0n) is 8.83. The van der Waals surface area contributed by atoms with Crippen LogP contribution in [0.25, 0.3) is 0 Å². The SMILES string of the molecule is N#Cc1ccc(N=C(N)CCl)c(OC(F)(F)F)c1. The zero-order valence-corrected chi connectivity index (χ0v) is 9.59. The first-order valence-electron chi connectivity index (χ1n) is 4.54. The molecule has 0 saturated carbocycles. The highest BCUT2D eigenvalue weighted by atomic mass is 35.5. The summed E-state index contributed by atoms with van der Waals surface area (Å²) in [5.41, 5.74) is 5.19. The van der Waals surface area contributed by atoms with Gasteiger partial charge in [0.15, 0.2) is 5.75 Å². The smallest absolute Gasteiger partial charge is 0.403 e. The largest absolute Gasteiger partial charge is 0.573 e. The Morgan fingerprint density at radius 2 is 2.17 bits per heavy atom. The molecule has 8 heteroatoms. The Hall–Kier alpha value is -1.94. The molecule has 0 saturated heterocycles. The molecule has 0 aliphatic heterocycles. The van der Waals surface area contributed by atoms with Crippen molar-refractivity contribution in [3.8, 4) is 11.8 Å². The molecule has 18 heavy (non-hydrogen) atoms. The van der Waals surface area contributed by atoms with Crippen molar-refractivity contribution in [3.05, 3.63) is 23.8 Å². The van der Waals surface area contributed by atoms with Crippen molar-refractivity contribution in [1.82, 2.24) is 0 Å². The maximum Gasteiger partial charge on any atom is 0.573 e. The summed E-state index contributed by atoms with van der Waals surface area (Å²) in [7, 11) is 0. The Labute approximate surface area is 105 Å². The second-order valence-corrected chi connectivity index (χ2v) is 3.35. The van der Waals surface area contributed by atoms with E-state index < -0.39 is 12.1 Å². The number of nitrogens with zero attached hydrogens (tertiary/aromatic N) is 2. The van der Waals surface area contributed by atoms with E-state index in [1.54, 1.807) is 6.07 Å². The maximum absolute atomic E-state index is 12.2. The number of nitriles is 1. The molecule has 0 fully saturated rings. The molecule has 0 radical (unpaired) electrons. The Bertz CT molecular complexity index is 508. The quantitative estimate of drug-likeness (QED) is 0.524. The molecule has 4 nitrogen and oxygen atoms in total. The molecule has 0 spiro atoms. The van der Waals surface area contributed by atoms with Gasteiger partial charge in [0, 0.05) is 6.07 Å². The van der Waals surface area contributed by atoms with Crippen LogP contribution in [0, 0.1) is 11.3 Å². The van der Waals surface area contributed by atoms with Gasteiger partial charge in [-0.1, -0.05) is 0 Å². The van der Waals surface area contributed by atoms with Gasteiger partial charge in [-0.3, -0.25) is 0 Å². The molecule has 0 aromatic heterocycles. The molecule has 0 bridgehead atoms. The van der Waals surface area contributed by atoms with E-state index in [1.807, 2.05) is 0 Å². The Kier molecular flexibility index (Phi) is 4.39. The number of benzene rings is 1. The van der Waals surface area contributed by atoms with E-state index in [1.165, 1.54) is 12.1 Å². The van der Waals surface area contributed by atoms with E-state index in [2.05, 4.69) is 9.73 Å². The fraction of sp³-hybridized carbons (Fsp3) is 0.200. The molecular formula is C10H7ClF3N3O. The molecule has 0 amide bonds. The molecule has 0 aliphatic rings. The minimum Gasteiger partial charge on any atom is -0.403 e. The Morgan fingerprint density at radius 1 is 1.50 bits per heavy atom. The van der Waals surface area contributed by atoms with Crippen LogP contribution in [0.15, 0.2) is 23.2 Å². The van der Waals surface area contributed by atoms with Crippen LogP contribution < -0.4 is 10.5 Å². The fourth-order valence-corrected chi connectivity index (χ4v) is 1.13. The van der Waals surface area contributed by atoms with E-state index >= 15 is 0 Å². The lowest BCUT2D eigenvalue weighted by atomic mass is 10.2. The van der Waals surface area contributed by atoms with Crippen LogP contribution in [0.2, 0.25) is 0 Å². The van der Waals surface area contributed by atoms with Crippen molar-refractivity contribution in [2.75, 3.05) is 5.88 Å². The summed E-state index contributed by atoms with van der Waals surface area (Å²) in [6.07, 6.45) is -4.88. The average Bonchev–Trinajstić information content (AvgIpc) is 2.29. The topological polar surface area (TPSA) is 71.4 Å². The molecule has 0 unspecified atom stereocenters. The fourth-order valence-electron chi connectivity index (χ4n) is 1.07. The van der Waals surface area contributed by atoms with Crippen molar-refractivity contribution in [1.29, 1.82) is 5.26 Å². The predicted octanol–water partition coefficient (Wildman–Crippen LogP) is 2.68. The lowest BCUT2D eigenvalue weighted by molar-refractivity contribution is -0.274. The van der Waals surface area contributed by atoms with Gasteiger partial charge in [-0.2, -0.15) is 5.26 Å². The first-order chi connectivity index (χ1) is 8.35. The highest BCUT2D eigenvalue weighted by molar-refractivity contribution is 6.28. The highest BCUT2D eigenvalue weighted by Gasteiger charge is 2.32.